The van der Waals surface area contributed by atoms with Crippen molar-refractivity contribution in [1.82, 2.24) is 5.32 Å². The molecule has 0 aliphatic rings. The zero-order valence-electron chi connectivity index (χ0n) is 23.6. The van der Waals surface area contributed by atoms with Gasteiger partial charge in [0.25, 0.3) is 5.91 Å². The van der Waals surface area contributed by atoms with Crippen LogP contribution < -0.4 is 15.0 Å². The van der Waals surface area contributed by atoms with E-state index in [1.54, 1.807) is 44.2 Å². The van der Waals surface area contributed by atoms with Crippen LogP contribution in [-0.2, 0) is 19.0 Å². The Balaban J connectivity index is 1.48. The van der Waals surface area contributed by atoms with Crippen LogP contribution >= 0.6 is 0 Å². The summed E-state index contributed by atoms with van der Waals surface area (Å²) in [5, 5.41) is 10.2. The van der Waals surface area contributed by atoms with Crippen molar-refractivity contribution >= 4 is 41.7 Å². The maximum atomic E-state index is 12.8. The number of rotatable bonds is 14. The number of hydrogen-bond acceptors (Lipinski definition) is 10. The highest BCUT2D eigenvalue weighted by Gasteiger charge is 2.20. The minimum absolute atomic E-state index is 0.172. The first-order valence-electron chi connectivity index (χ1n) is 13.3. The molecule has 1 atom stereocenters. The van der Waals surface area contributed by atoms with Crippen LogP contribution in [0, 0.1) is 5.41 Å². The normalized spacial score (nSPS) is 10.9. The molecular weight excluding hydrogens is 558 g/mol. The van der Waals surface area contributed by atoms with E-state index in [0.717, 1.165) is 11.2 Å². The summed E-state index contributed by atoms with van der Waals surface area (Å²) in [6.45, 7) is 2.84. The van der Waals surface area contributed by atoms with Gasteiger partial charge in [-0.25, -0.2) is 19.3 Å². The van der Waals surface area contributed by atoms with Crippen LogP contribution in [-0.4, -0.2) is 68.5 Å². The van der Waals surface area contributed by atoms with Crippen LogP contribution in [0.15, 0.2) is 78.9 Å². The number of Topliss-reactive ketones (excluding diaryl/α,β-unsaturated/α-hetero) is 1. The van der Waals surface area contributed by atoms with Gasteiger partial charge in [0, 0.05) is 11.1 Å². The van der Waals surface area contributed by atoms with Crippen molar-refractivity contribution in [3.05, 3.63) is 95.6 Å². The molecular formula is C31H31N3O9. The summed E-state index contributed by atoms with van der Waals surface area (Å²) in [5.74, 6) is -1.53. The van der Waals surface area contributed by atoms with E-state index < -0.39 is 30.0 Å². The maximum absolute atomic E-state index is 12.8. The molecule has 43 heavy (non-hydrogen) atoms. The van der Waals surface area contributed by atoms with E-state index in [4.69, 9.17) is 24.4 Å². The molecule has 2 amide bonds. The van der Waals surface area contributed by atoms with Crippen molar-refractivity contribution in [2.45, 2.75) is 19.9 Å². The molecule has 0 unspecified atom stereocenters. The number of nitrogens with zero attached hydrogens (tertiary/aromatic N) is 1. The molecule has 0 aliphatic carbocycles. The molecule has 3 rings (SSSR count). The van der Waals surface area contributed by atoms with Crippen molar-refractivity contribution in [2.75, 3.05) is 31.3 Å². The number of benzene rings is 3. The lowest BCUT2D eigenvalue weighted by Gasteiger charge is -2.18. The number of carbonyl (C=O) groups excluding carboxylic acids is 5. The first-order chi connectivity index (χ1) is 20.7. The smallest absolute Gasteiger partial charge is 0.419 e. The summed E-state index contributed by atoms with van der Waals surface area (Å²) >= 11 is 0. The molecule has 3 aromatic carbocycles. The fourth-order valence-electron chi connectivity index (χ4n) is 3.65. The Morgan fingerprint density at radius 1 is 0.814 bits per heavy atom. The van der Waals surface area contributed by atoms with Crippen LogP contribution in [0.1, 0.15) is 44.9 Å². The van der Waals surface area contributed by atoms with Gasteiger partial charge in [0.1, 0.15) is 19.0 Å². The standard InChI is InChI=1S/C31H31N3O9/c1-3-40-27(35)19-43-26-15-11-22(12-16-26)28(36)21(2)33-29(37)23-9-13-25(14-10-23)34(20-32)31(39)42-18-17-41-30(38)24-7-5-4-6-8-24/h4-16,20-21,32H,3,17-19H2,1-2H3,(H,33,37)/t21-/m0/s1. The average molecular weight is 590 g/mol. The van der Waals surface area contributed by atoms with E-state index in [-0.39, 0.29) is 43.5 Å². The van der Waals surface area contributed by atoms with Crippen LogP contribution in [0.25, 0.3) is 0 Å². The molecule has 0 radical (unpaired) electrons. The SMILES string of the molecule is CCOC(=O)COc1ccc(C(=O)[C@H](C)NC(=O)c2ccc(N(C=N)C(=O)OCCOC(=O)c3ccccc3)cc2)cc1. The zero-order valence-corrected chi connectivity index (χ0v) is 23.6. The second kappa shape index (κ2) is 16.1. The molecule has 2 N–H and O–H groups in total. The van der Waals surface area contributed by atoms with Crippen LogP contribution in [0.2, 0.25) is 0 Å². The van der Waals surface area contributed by atoms with Crippen molar-refractivity contribution in [2.24, 2.45) is 0 Å². The van der Waals surface area contributed by atoms with Gasteiger partial charge < -0.3 is 24.3 Å². The van der Waals surface area contributed by atoms with E-state index in [1.165, 1.54) is 48.5 Å². The Morgan fingerprint density at radius 2 is 1.44 bits per heavy atom. The van der Waals surface area contributed by atoms with E-state index in [2.05, 4.69) is 5.32 Å². The molecule has 0 heterocycles. The number of hydrogen-bond donors (Lipinski definition) is 2. The molecule has 0 saturated carbocycles. The Kier molecular flexibility index (Phi) is 11.9. The number of esters is 2. The van der Waals surface area contributed by atoms with Gasteiger partial charge in [0.2, 0.25) is 0 Å². The third kappa shape index (κ3) is 9.52. The number of ether oxygens (including phenoxy) is 4. The Bertz CT molecular complexity index is 1430. The van der Waals surface area contributed by atoms with Gasteiger partial charge in [-0.05, 0) is 74.5 Å². The molecule has 0 aromatic heterocycles. The molecule has 224 valence electrons. The van der Waals surface area contributed by atoms with Crippen molar-refractivity contribution < 1.29 is 42.9 Å². The maximum Gasteiger partial charge on any atom is 0.419 e. The third-order valence-corrected chi connectivity index (χ3v) is 5.83. The van der Waals surface area contributed by atoms with Crippen LogP contribution in [0.5, 0.6) is 5.75 Å². The van der Waals surface area contributed by atoms with Gasteiger partial charge in [0.15, 0.2) is 12.4 Å². The zero-order chi connectivity index (χ0) is 31.2. The quantitative estimate of drug-likeness (QED) is 0.0706. The highest BCUT2D eigenvalue weighted by Crippen LogP contribution is 2.17. The topological polar surface area (TPSA) is 161 Å². The Hall–Kier alpha value is -5.52. The fourth-order valence-corrected chi connectivity index (χ4v) is 3.65. The fraction of sp³-hybridized carbons (Fsp3) is 0.226. The summed E-state index contributed by atoms with van der Waals surface area (Å²) in [6, 6.07) is 19.4. The lowest BCUT2D eigenvalue weighted by atomic mass is 10.0. The highest BCUT2D eigenvalue weighted by molar-refractivity contribution is 6.06. The average Bonchev–Trinajstić information content (AvgIpc) is 3.03. The largest absolute Gasteiger partial charge is 0.482 e. The number of amides is 2. The second-order valence-electron chi connectivity index (χ2n) is 8.84. The number of ketones is 1. The molecule has 0 aliphatic heterocycles. The Morgan fingerprint density at radius 3 is 2.07 bits per heavy atom. The van der Waals surface area contributed by atoms with Gasteiger partial charge >= 0.3 is 18.0 Å². The van der Waals surface area contributed by atoms with Gasteiger partial charge in [-0.15, -0.1) is 0 Å². The van der Waals surface area contributed by atoms with Crippen LogP contribution in [0.3, 0.4) is 0 Å². The first kappa shape index (κ1) is 32.0. The molecule has 0 bridgehead atoms. The summed E-state index contributed by atoms with van der Waals surface area (Å²) in [7, 11) is 0. The van der Waals surface area contributed by atoms with Crippen molar-refractivity contribution in [1.29, 1.82) is 5.41 Å². The van der Waals surface area contributed by atoms with E-state index >= 15 is 0 Å². The predicted octanol–water partition coefficient (Wildman–Crippen LogP) is 4.04. The van der Waals surface area contributed by atoms with Gasteiger partial charge in [-0.3, -0.25) is 15.0 Å². The van der Waals surface area contributed by atoms with Crippen molar-refractivity contribution in [3.63, 3.8) is 0 Å². The van der Waals surface area contributed by atoms with Gasteiger partial charge in [-0.2, -0.15) is 0 Å². The summed E-state index contributed by atoms with van der Waals surface area (Å²) in [6.07, 6.45) is -0.124. The molecule has 0 saturated heterocycles. The molecule has 0 fully saturated rings. The number of carbonyl (C=O) groups is 5. The van der Waals surface area contributed by atoms with Gasteiger partial charge in [-0.1, -0.05) is 18.2 Å². The lowest BCUT2D eigenvalue weighted by molar-refractivity contribution is -0.145. The summed E-state index contributed by atoms with van der Waals surface area (Å²) in [4.78, 5) is 62.3. The van der Waals surface area contributed by atoms with Crippen LogP contribution in [0.4, 0.5) is 10.5 Å². The minimum Gasteiger partial charge on any atom is -0.482 e. The molecule has 3 aromatic rings. The van der Waals surface area contributed by atoms with E-state index in [1.807, 2.05) is 0 Å². The monoisotopic (exact) mass is 589 g/mol. The summed E-state index contributed by atoms with van der Waals surface area (Å²) in [5.41, 5.74) is 1.18. The molecule has 0 spiro atoms. The number of nitrogens with one attached hydrogen (secondary N) is 2. The molecule has 12 nitrogen and oxygen atoms in total. The summed E-state index contributed by atoms with van der Waals surface area (Å²) < 4.78 is 20.3. The van der Waals surface area contributed by atoms with Crippen molar-refractivity contribution in [3.8, 4) is 5.75 Å². The molecule has 12 heteroatoms. The minimum atomic E-state index is -0.875. The second-order valence-corrected chi connectivity index (χ2v) is 8.84. The van der Waals surface area contributed by atoms with E-state index in [9.17, 15) is 24.0 Å². The van der Waals surface area contributed by atoms with Gasteiger partial charge in [0.05, 0.1) is 30.2 Å². The lowest BCUT2D eigenvalue weighted by Crippen LogP contribution is -2.38. The van der Waals surface area contributed by atoms with E-state index in [0.29, 0.717) is 16.9 Å². The highest BCUT2D eigenvalue weighted by atomic mass is 16.6. The number of anilines is 1. The Labute approximate surface area is 248 Å². The third-order valence-electron chi connectivity index (χ3n) is 5.83. The predicted molar refractivity (Wildman–Crippen MR) is 156 cm³/mol. The first-order valence-corrected chi connectivity index (χ1v) is 13.3.